The van der Waals surface area contributed by atoms with Gasteiger partial charge in [0.05, 0.1) is 16.9 Å². The summed E-state index contributed by atoms with van der Waals surface area (Å²) >= 11 is 5.84. The highest BCUT2D eigenvalue weighted by molar-refractivity contribution is 7.89. The van der Waals surface area contributed by atoms with Crippen molar-refractivity contribution in [1.82, 2.24) is 14.3 Å². The first-order valence-electron chi connectivity index (χ1n) is 8.67. The SMILES string of the molecule is O=C(Nc1ccc(S(=O)(=O)NCCCn2ccnc2)cc1F)c1cccc(Cl)c1. The monoisotopic (exact) mass is 436 g/mol. The van der Waals surface area contributed by atoms with E-state index in [1.807, 2.05) is 4.57 Å². The van der Waals surface area contributed by atoms with Crippen LogP contribution in [0.4, 0.5) is 10.1 Å². The minimum absolute atomic E-state index is 0.131. The van der Waals surface area contributed by atoms with Crippen molar-refractivity contribution in [2.45, 2.75) is 17.9 Å². The number of nitrogens with one attached hydrogen (secondary N) is 2. The van der Waals surface area contributed by atoms with Gasteiger partial charge in [0.2, 0.25) is 10.0 Å². The van der Waals surface area contributed by atoms with Gasteiger partial charge in [-0.2, -0.15) is 0 Å². The second-order valence-corrected chi connectivity index (χ2v) is 8.36. The minimum Gasteiger partial charge on any atom is -0.337 e. The van der Waals surface area contributed by atoms with E-state index >= 15 is 0 Å². The summed E-state index contributed by atoms with van der Waals surface area (Å²) in [5.41, 5.74) is 0.127. The maximum atomic E-state index is 14.4. The Morgan fingerprint density at radius 3 is 2.72 bits per heavy atom. The lowest BCUT2D eigenvalue weighted by atomic mass is 10.2. The summed E-state index contributed by atoms with van der Waals surface area (Å²) in [6, 6.07) is 9.49. The molecule has 0 aliphatic heterocycles. The molecular weight excluding hydrogens is 419 g/mol. The lowest BCUT2D eigenvalue weighted by molar-refractivity contribution is 0.102. The third-order valence-electron chi connectivity index (χ3n) is 4.03. The minimum atomic E-state index is -3.87. The number of hydrogen-bond donors (Lipinski definition) is 2. The highest BCUT2D eigenvalue weighted by atomic mass is 35.5. The van der Waals surface area contributed by atoms with Gasteiger partial charge in [0.1, 0.15) is 5.82 Å². The van der Waals surface area contributed by atoms with Gasteiger partial charge in [0, 0.05) is 36.1 Å². The number of amides is 1. The van der Waals surface area contributed by atoms with E-state index in [4.69, 9.17) is 11.6 Å². The largest absolute Gasteiger partial charge is 0.337 e. The molecule has 2 N–H and O–H groups in total. The lowest BCUT2D eigenvalue weighted by Gasteiger charge is -2.10. The van der Waals surface area contributed by atoms with Crippen molar-refractivity contribution in [2.75, 3.05) is 11.9 Å². The van der Waals surface area contributed by atoms with Crippen LogP contribution in [0.2, 0.25) is 5.02 Å². The Labute approximate surface area is 172 Å². The zero-order chi connectivity index (χ0) is 20.9. The molecule has 2 aromatic carbocycles. The first-order chi connectivity index (χ1) is 13.8. The molecule has 0 spiro atoms. The van der Waals surface area contributed by atoms with Crippen LogP contribution in [-0.4, -0.2) is 30.4 Å². The van der Waals surface area contributed by atoms with Crippen molar-refractivity contribution in [1.29, 1.82) is 0 Å². The highest BCUT2D eigenvalue weighted by Gasteiger charge is 2.17. The van der Waals surface area contributed by atoms with Crippen molar-refractivity contribution >= 4 is 33.2 Å². The Morgan fingerprint density at radius 1 is 1.21 bits per heavy atom. The van der Waals surface area contributed by atoms with Crippen molar-refractivity contribution in [3.63, 3.8) is 0 Å². The number of hydrogen-bond acceptors (Lipinski definition) is 4. The van der Waals surface area contributed by atoms with Crippen LogP contribution in [0.15, 0.2) is 66.1 Å². The Balaban J connectivity index is 1.62. The van der Waals surface area contributed by atoms with Crippen molar-refractivity contribution in [3.05, 3.63) is 77.6 Å². The Hall–Kier alpha value is -2.75. The van der Waals surface area contributed by atoms with E-state index in [0.717, 1.165) is 6.07 Å². The van der Waals surface area contributed by atoms with Crippen LogP contribution in [0.1, 0.15) is 16.8 Å². The maximum Gasteiger partial charge on any atom is 0.255 e. The molecule has 0 aliphatic carbocycles. The molecule has 29 heavy (non-hydrogen) atoms. The second-order valence-electron chi connectivity index (χ2n) is 6.16. The predicted octanol–water partition coefficient (Wildman–Crippen LogP) is 3.30. The molecule has 1 heterocycles. The maximum absolute atomic E-state index is 14.4. The van der Waals surface area contributed by atoms with E-state index in [1.165, 1.54) is 24.3 Å². The summed E-state index contributed by atoms with van der Waals surface area (Å²) in [7, 11) is -3.87. The van der Waals surface area contributed by atoms with Crippen LogP contribution < -0.4 is 10.0 Å². The summed E-state index contributed by atoms with van der Waals surface area (Å²) in [4.78, 5) is 15.9. The average molecular weight is 437 g/mol. The number of imidazole rings is 1. The van der Waals surface area contributed by atoms with Gasteiger partial charge >= 0.3 is 0 Å². The van der Waals surface area contributed by atoms with Gasteiger partial charge in [0.25, 0.3) is 5.91 Å². The topological polar surface area (TPSA) is 93.1 Å². The molecule has 152 valence electrons. The zero-order valence-corrected chi connectivity index (χ0v) is 16.8. The van der Waals surface area contributed by atoms with Gasteiger partial charge in [-0.15, -0.1) is 0 Å². The number of anilines is 1. The average Bonchev–Trinajstić information content (AvgIpc) is 3.20. The van der Waals surface area contributed by atoms with E-state index in [9.17, 15) is 17.6 Å². The molecule has 0 unspecified atom stereocenters. The molecule has 1 amide bonds. The van der Waals surface area contributed by atoms with Gasteiger partial charge in [-0.05, 0) is 42.8 Å². The molecule has 1 aromatic heterocycles. The summed E-state index contributed by atoms with van der Waals surface area (Å²) < 4.78 is 43.3. The number of nitrogens with zero attached hydrogens (tertiary/aromatic N) is 2. The number of carbonyl (C=O) groups excluding carboxylic acids is 1. The number of sulfonamides is 1. The highest BCUT2D eigenvalue weighted by Crippen LogP contribution is 2.20. The summed E-state index contributed by atoms with van der Waals surface area (Å²) in [6.45, 7) is 0.792. The molecule has 7 nitrogen and oxygen atoms in total. The Bertz CT molecular complexity index is 1100. The third-order valence-corrected chi connectivity index (χ3v) is 5.72. The molecule has 0 aliphatic rings. The molecular formula is C19H18ClFN4O3S. The van der Waals surface area contributed by atoms with E-state index < -0.39 is 21.7 Å². The number of aromatic nitrogens is 2. The van der Waals surface area contributed by atoms with E-state index in [1.54, 1.807) is 30.9 Å². The van der Waals surface area contributed by atoms with Gasteiger partial charge in [-0.25, -0.2) is 22.5 Å². The van der Waals surface area contributed by atoms with Gasteiger partial charge < -0.3 is 9.88 Å². The molecule has 0 saturated carbocycles. The summed E-state index contributed by atoms with van der Waals surface area (Å²) in [5.74, 6) is -1.42. The number of benzene rings is 2. The molecule has 0 radical (unpaired) electrons. The summed E-state index contributed by atoms with van der Waals surface area (Å²) in [5, 5.41) is 2.78. The quantitative estimate of drug-likeness (QED) is 0.530. The molecule has 0 bridgehead atoms. The first kappa shape index (κ1) is 21.0. The molecule has 3 aromatic rings. The Kier molecular flexibility index (Phi) is 6.63. The lowest BCUT2D eigenvalue weighted by Crippen LogP contribution is -2.25. The molecule has 10 heteroatoms. The standard InChI is InChI=1S/C19H18ClFN4O3S/c20-15-4-1-3-14(11-15)19(26)24-18-6-5-16(12-17(18)21)29(27,28)23-7-2-9-25-10-8-22-13-25/h1,3-6,8,10-13,23H,2,7,9H2,(H,24,26). The van der Waals surface area contributed by atoms with Crippen LogP contribution >= 0.6 is 11.6 Å². The fourth-order valence-corrected chi connectivity index (χ4v) is 3.83. The molecule has 0 atom stereocenters. The summed E-state index contributed by atoms with van der Waals surface area (Å²) in [6.07, 6.45) is 5.60. The van der Waals surface area contributed by atoms with Gasteiger partial charge in [0.15, 0.2) is 0 Å². The number of rotatable bonds is 8. The van der Waals surface area contributed by atoms with Crippen LogP contribution in [0.3, 0.4) is 0 Å². The zero-order valence-electron chi connectivity index (χ0n) is 15.2. The fraction of sp³-hybridized carbons (Fsp3) is 0.158. The number of carbonyl (C=O) groups is 1. The second kappa shape index (κ2) is 9.17. The van der Waals surface area contributed by atoms with Crippen molar-refractivity contribution in [3.8, 4) is 0 Å². The molecule has 3 rings (SSSR count). The Morgan fingerprint density at radius 2 is 2.03 bits per heavy atom. The van der Waals surface area contributed by atoms with Crippen molar-refractivity contribution < 1.29 is 17.6 Å². The normalized spacial score (nSPS) is 11.4. The van der Waals surface area contributed by atoms with Crippen LogP contribution in [-0.2, 0) is 16.6 Å². The van der Waals surface area contributed by atoms with Crippen LogP contribution in [0, 0.1) is 5.82 Å². The van der Waals surface area contributed by atoms with Crippen molar-refractivity contribution in [2.24, 2.45) is 0 Å². The molecule has 0 fully saturated rings. The number of halogens is 2. The van der Waals surface area contributed by atoms with Gasteiger partial charge in [-0.1, -0.05) is 17.7 Å². The van der Waals surface area contributed by atoms with Crippen LogP contribution in [0.5, 0.6) is 0 Å². The van der Waals surface area contributed by atoms with E-state index in [2.05, 4.69) is 15.0 Å². The van der Waals surface area contributed by atoms with Gasteiger partial charge in [-0.3, -0.25) is 4.79 Å². The van der Waals surface area contributed by atoms with E-state index in [-0.39, 0.29) is 22.7 Å². The third kappa shape index (κ3) is 5.63. The van der Waals surface area contributed by atoms with E-state index in [0.29, 0.717) is 18.0 Å². The smallest absolute Gasteiger partial charge is 0.255 e. The van der Waals surface area contributed by atoms with Crippen LogP contribution in [0.25, 0.3) is 0 Å². The fourth-order valence-electron chi connectivity index (χ4n) is 2.56. The predicted molar refractivity (Wildman–Crippen MR) is 108 cm³/mol. The first-order valence-corrected chi connectivity index (χ1v) is 10.5. The molecule has 0 saturated heterocycles. The number of aryl methyl sites for hydroxylation is 1.